The number of carbonyl (C=O) groups is 2. The summed E-state index contributed by atoms with van der Waals surface area (Å²) in [5.74, 6) is 1.52. The fraction of sp³-hybridized carbons (Fsp3) is 0.200. The van der Waals surface area contributed by atoms with Gasteiger partial charge in [-0.25, -0.2) is 4.98 Å². The van der Waals surface area contributed by atoms with Crippen LogP contribution in [0.4, 0.5) is 11.5 Å². The molecule has 4 heterocycles. The number of benzene rings is 2. The van der Waals surface area contributed by atoms with E-state index in [4.69, 9.17) is 9.47 Å². The number of aromatic nitrogens is 3. The third-order valence-electron chi connectivity index (χ3n) is 6.05. The molecule has 0 spiro atoms. The number of aryl methyl sites for hydroxylation is 1. The lowest BCUT2D eigenvalue weighted by Crippen LogP contribution is -2.28. The van der Waals surface area contributed by atoms with Gasteiger partial charge >= 0.3 is 0 Å². The zero-order chi connectivity index (χ0) is 23.2. The fourth-order valence-electron chi connectivity index (χ4n) is 4.35. The average Bonchev–Trinajstić information content (AvgIpc) is 3.56. The van der Waals surface area contributed by atoms with Crippen LogP contribution >= 0.6 is 0 Å². The van der Waals surface area contributed by atoms with Gasteiger partial charge in [0.25, 0.3) is 0 Å². The van der Waals surface area contributed by atoms with E-state index in [9.17, 15) is 9.59 Å². The summed E-state index contributed by atoms with van der Waals surface area (Å²) in [4.78, 5) is 32.1. The molecular weight excluding hydrogens is 434 g/mol. The highest BCUT2D eigenvalue weighted by atomic mass is 16.7. The van der Waals surface area contributed by atoms with Gasteiger partial charge in [0.1, 0.15) is 5.82 Å². The van der Waals surface area contributed by atoms with E-state index in [2.05, 4.69) is 15.4 Å². The Morgan fingerprint density at radius 1 is 1.06 bits per heavy atom. The van der Waals surface area contributed by atoms with Gasteiger partial charge in [-0.05, 0) is 37.3 Å². The molecule has 1 saturated heterocycles. The maximum absolute atomic E-state index is 13.1. The molecule has 9 heteroatoms. The third kappa shape index (κ3) is 3.51. The van der Waals surface area contributed by atoms with Crippen LogP contribution in [0.5, 0.6) is 11.5 Å². The zero-order valence-corrected chi connectivity index (χ0v) is 18.4. The number of fused-ring (bicyclic) bond motifs is 2. The lowest BCUT2D eigenvalue weighted by molar-refractivity contribution is -0.122. The Labute approximate surface area is 194 Å². The van der Waals surface area contributed by atoms with Gasteiger partial charge < -0.3 is 19.7 Å². The Morgan fingerprint density at radius 3 is 2.82 bits per heavy atom. The summed E-state index contributed by atoms with van der Waals surface area (Å²) >= 11 is 0. The molecule has 1 unspecified atom stereocenters. The van der Waals surface area contributed by atoms with Gasteiger partial charge in [0.2, 0.25) is 18.6 Å². The van der Waals surface area contributed by atoms with Crippen molar-refractivity contribution in [1.82, 2.24) is 14.8 Å². The molecule has 1 atom stereocenters. The number of anilines is 2. The van der Waals surface area contributed by atoms with Gasteiger partial charge in [-0.3, -0.25) is 9.59 Å². The standard InChI is InChI=1S/C25H21N5O4/c1-15-10-23(30(28-15)22-9-6-16-4-2-3-5-19(16)26-22)27-25(32)17-11-24(31)29(13-17)18-7-8-20-21(12-18)34-14-33-20/h2-10,12,17H,11,13-14H2,1H3,(H,27,32). The van der Waals surface area contributed by atoms with Crippen LogP contribution in [-0.4, -0.2) is 39.9 Å². The SMILES string of the molecule is Cc1cc(NC(=O)C2CC(=O)N(c3ccc4c(c3)OCO4)C2)n(-c2ccc3ccccc3n2)n1. The molecule has 2 aromatic carbocycles. The molecular formula is C25H21N5O4. The number of nitrogens with one attached hydrogen (secondary N) is 1. The number of nitrogens with zero attached hydrogens (tertiary/aromatic N) is 4. The van der Waals surface area contributed by atoms with E-state index < -0.39 is 5.92 Å². The van der Waals surface area contributed by atoms with Crippen LogP contribution in [0.1, 0.15) is 12.1 Å². The molecule has 1 fully saturated rings. The van der Waals surface area contributed by atoms with Gasteiger partial charge in [-0.2, -0.15) is 9.78 Å². The minimum absolute atomic E-state index is 0.111. The van der Waals surface area contributed by atoms with Crippen LogP contribution in [0.25, 0.3) is 16.7 Å². The lowest BCUT2D eigenvalue weighted by Gasteiger charge is -2.17. The normalized spacial score (nSPS) is 16.9. The lowest BCUT2D eigenvalue weighted by atomic mass is 10.1. The smallest absolute Gasteiger partial charge is 0.231 e. The van der Waals surface area contributed by atoms with Crippen molar-refractivity contribution in [2.75, 3.05) is 23.6 Å². The first-order chi connectivity index (χ1) is 16.5. The van der Waals surface area contributed by atoms with Crippen LogP contribution in [0, 0.1) is 12.8 Å². The highest BCUT2D eigenvalue weighted by molar-refractivity contribution is 6.03. The summed E-state index contributed by atoms with van der Waals surface area (Å²) < 4.78 is 12.4. The number of ether oxygens (including phenoxy) is 2. The maximum atomic E-state index is 13.1. The molecule has 2 aliphatic heterocycles. The van der Waals surface area contributed by atoms with Crippen molar-refractivity contribution in [2.24, 2.45) is 5.92 Å². The molecule has 0 bridgehead atoms. The van der Waals surface area contributed by atoms with E-state index in [1.54, 1.807) is 33.8 Å². The van der Waals surface area contributed by atoms with Gasteiger partial charge in [0.05, 0.1) is 17.1 Å². The van der Waals surface area contributed by atoms with E-state index >= 15 is 0 Å². The second kappa shape index (κ2) is 7.87. The molecule has 2 amide bonds. The van der Waals surface area contributed by atoms with Crippen molar-refractivity contribution in [3.63, 3.8) is 0 Å². The van der Waals surface area contributed by atoms with E-state index in [-0.39, 0.29) is 31.6 Å². The van der Waals surface area contributed by atoms with E-state index in [0.29, 0.717) is 28.8 Å². The number of hydrogen-bond acceptors (Lipinski definition) is 6. The highest BCUT2D eigenvalue weighted by Crippen LogP contribution is 2.37. The predicted octanol–water partition coefficient (Wildman–Crippen LogP) is 3.45. The Morgan fingerprint density at radius 2 is 1.91 bits per heavy atom. The second-order valence-corrected chi connectivity index (χ2v) is 8.38. The Bertz CT molecular complexity index is 1450. The predicted molar refractivity (Wildman–Crippen MR) is 125 cm³/mol. The largest absolute Gasteiger partial charge is 0.454 e. The van der Waals surface area contributed by atoms with Crippen LogP contribution in [0.15, 0.2) is 60.7 Å². The first-order valence-corrected chi connectivity index (χ1v) is 11.0. The highest BCUT2D eigenvalue weighted by Gasteiger charge is 2.36. The molecule has 0 aliphatic carbocycles. The van der Waals surface area contributed by atoms with E-state index in [1.807, 2.05) is 43.3 Å². The van der Waals surface area contributed by atoms with Crippen LogP contribution in [0.2, 0.25) is 0 Å². The topological polar surface area (TPSA) is 98.6 Å². The van der Waals surface area contributed by atoms with Gasteiger partial charge in [0.15, 0.2) is 17.3 Å². The number of pyridine rings is 1. The Hall–Kier alpha value is -4.40. The molecule has 34 heavy (non-hydrogen) atoms. The van der Waals surface area contributed by atoms with Gasteiger partial charge in [-0.15, -0.1) is 0 Å². The third-order valence-corrected chi connectivity index (χ3v) is 6.05. The van der Waals surface area contributed by atoms with Crippen molar-refractivity contribution in [3.05, 3.63) is 66.4 Å². The molecule has 170 valence electrons. The van der Waals surface area contributed by atoms with Crippen LogP contribution in [0.3, 0.4) is 0 Å². The number of para-hydroxylation sites is 1. The monoisotopic (exact) mass is 455 g/mol. The van der Waals surface area contributed by atoms with Crippen LogP contribution < -0.4 is 19.7 Å². The minimum Gasteiger partial charge on any atom is -0.454 e. The summed E-state index contributed by atoms with van der Waals surface area (Å²) in [7, 11) is 0. The van der Waals surface area contributed by atoms with Crippen molar-refractivity contribution < 1.29 is 19.1 Å². The van der Waals surface area contributed by atoms with Crippen LogP contribution in [-0.2, 0) is 9.59 Å². The first kappa shape index (κ1) is 20.2. The molecule has 0 radical (unpaired) electrons. The van der Waals surface area contributed by atoms with Crippen molar-refractivity contribution >= 4 is 34.2 Å². The second-order valence-electron chi connectivity index (χ2n) is 8.38. The first-order valence-electron chi connectivity index (χ1n) is 11.0. The summed E-state index contributed by atoms with van der Waals surface area (Å²) in [5.41, 5.74) is 2.27. The van der Waals surface area contributed by atoms with Crippen molar-refractivity contribution in [1.29, 1.82) is 0 Å². The summed E-state index contributed by atoms with van der Waals surface area (Å²) in [5, 5.41) is 8.49. The molecule has 1 N–H and O–H groups in total. The molecule has 0 saturated carbocycles. The van der Waals surface area contributed by atoms with Gasteiger partial charge in [0, 0.05) is 36.2 Å². The summed E-state index contributed by atoms with van der Waals surface area (Å²) in [6, 6.07) is 18.8. The Balaban J connectivity index is 1.22. The zero-order valence-electron chi connectivity index (χ0n) is 18.4. The number of hydrogen-bond donors (Lipinski definition) is 1. The molecule has 9 nitrogen and oxygen atoms in total. The summed E-state index contributed by atoms with van der Waals surface area (Å²) in [6.45, 7) is 2.30. The maximum Gasteiger partial charge on any atom is 0.231 e. The van der Waals surface area contributed by atoms with E-state index in [0.717, 1.165) is 16.6 Å². The van der Waals surface area contributed by atoms with Gasteiger partial charge in [-0.1, -0.05) is 18.2 Å². The van der Waals surface area contributed by atoms with Crippen molar-refractivity contribution in [3.8, 4) is 17.3 Å². The molecule has 2 aliphatic rings. The average molecular weight is 455 g/mol. The van der Waals surface area contributed by atoms with E-state index in [1.165, 1.54) is 0 Å². The van der Waals surface area contributed by atoms with Crippen molar-refractivity contribution in [2.45, 2.75) is 13.3 Å². The number of amides is 2. The summed E-state index contributed by atoms with van der Waals surface area (Å²) in [6.07, 6.45) is 0.127. The quantitative estimate of drug-likeness (QED) is 0.506. The number of rotatable bonds is 4. The Kier molecular flexibility index (Phi) is 4.68. The number of carbonyl (C=O) groups excluding carboxylic acids is 2. The molecule has 4 aromatic rings. The molecule has 2 aromatic heterocycles. The molecule has 6 rings (SSSR count). The minimum atomic E-state index is -0.494. The fourth-order valence-corrected chi connectivity index (χ4v) is 4.35.